The van der Waals surface area contributed by atoms with Crippen molar-refractivity contribution in [1.82, 2.24) is 4.98 Å². The lowest BCUT2D eigenvalue weighted by Crippen LogP contribution is -2.30. The lowest BCUT2D eigenvalue weighted by Gasteiger charge is -2.15. The molecule has 1 unspecified atom stereocenters. The van der Waals surface area contributed by atoms with Crippen molar-refractivity contribution in [1.29, 1.82) is 0 Å². The highest BCUT2D eigenvalue weighted by Crippen LogP contribution is 2.23. The van der Waals surface area contributed by atoms with Gasteiger partial charge in [-0.25, -0.2) is 0 Å². The molecule has 1 aromatic rings. The second-order valence-electron chi connectivity index (χ2n) is 3.77. The van der Waals surface area contributed by atoms with Crippen molar-refractivity contribution in [2.75, 3.05) is 17.2 Å². The molecule has 1 saturated heterocycles. The number of nitrogens with zero attached hydrogens (tertiary/aromatic N) is 1. The number of nitrogens with one attached hydrogen (secondary N) is 1. The van der Waals surface area contributed by atoms with Crippen LogP contribution in [0.15, 0.2) is 21.7 Å². The molecule has 6 heteroatoms. The number of halogens is 1. The summed E-state index contributed by atoms with van der Waals surface area (Å²) >= 11 is 7.33. The Morgan fingerprint density at radius 3 is 2.88 bits per heavy atom. The van der Waals surface area contributed by atoms with E-state index in [4.69, 9.17) is 0 Å². The lowest BCUT2D eigenvalue weighted by molar-refractivity contribution is -0.117. The number of amides is 1. The summed E-state index contributed by atoms with van der Waals surface area (Å²) in [6.45, 7) is 0.571. The molecular formula is C10H11BrN2O2S. The summed E-state index contributed by atoms with van der Waals surface area (Å²) in [5.41, 5.74) is 0.246. The Kier molecular flexibility index (Phi) is 3.39. The van der Waals surface area contributed by atoms with Gasteiger partial charge < -0.3 is 9.88 Å². The van der Waals surface area contributed by atoms with Crippen LogP contribution < -0.4 is 10.3 Å². The second kappa shape index (κ2) is 4.63. The third-order valence-corrected chi connectivity index (χ3v) is 3.74. The van der Waals surface area contributed by atoms with Crippen LogP contribution in [0.2, 0.25) is 0 Å². The summed E-state index contributed by atoms with van der Waals surface area (Å²) in [4.78, 5) is 27.9. The summed E-state index contributed by atoms with van der Waals surface area (Å²) in [6.07, 6.45) is 3.59. The molecule has 86 valence electrons. The van der Waals surface area contributed by atoms with Crippen molar-refractivity contribution >= 4 is 40.2 Å². The third kappa shape index (κ3) is 2.04. The number of pyridine rings is 1. The molecular weight excluding hydrogens is 292 g/mol. The summed E-state index contributed by atoms with van der Waals surface area (Å²) < 4.78 is 0.437. The number of aromatic nitrogens is 1. The average Bonchev–Trinajstić information content (AvgIpc) is 2.64. The molecule has 4 nitrogen and oxygen atoms in total. The number of H-pyrrole nitrogens is 1. The molecule has 0 saturated carbocycles. The Morgan fingerprint density at radius 2 is 2.25 bits per heavy atom. The molecule has 1 atom stereocenters. The van der Waals surface area contributed by atoms with Gasteiger partial charge in [-0.2, -0.15) is 12.6 Å². The molecule has 0 aliphatic carbocycles. The fourth-order valence-electron chi connectivity index (χ4n) is 1.78. The maximum atomic E-state index is 11.8. The SMILES string of the molecule is O=C1CC(CS)CN1c1c[nH]cc(Br)c1=O. The number of anilines is 1. The monoisotopic (exact) mass is 302 g/mol. The van der Waals surface area contributed by atoms with Gasteiger partial charge in [-0.05, 0) is 27.6 Å². The lowest BCUT2D eigenvalue weighted by atomic mass is 10.1. The predicted molar refractivity (Wildman–Crippen MR) is 69.1 cm³/mol. The van der Waals surface area contributed by atoms with E-state index >= 15 is 0 Å². The number of thiol groups is 1. The summed E-state index contributed by atoms with van der Waals surface area (Å²) in [5.74, 6) is 0.880. The van der Waals surface area contributed by atoms with Crippen LogP contribution in [0.4, 0.5) is 5.69 Å². The zero-order chi connectivity index (χ0) is 11.7. The second-order valence-corrected chi connectivity index (χ2v) is 4.99. The first-order valence-corrected chi connectivity index (χ1v) is 6.34. The minimum Gasteiger partial charge on any atom is -0.365 e. The first kappa shape index (κ1) is 11.7. The van der Waals surface area contributed by atoms with E-state index in [-0.39, 0.29) is 17.3 Å². The van der Waals surface area contributed by atoms with Gasteiger partial charge in [-0.3, -0.25) is 9.59 Å². The minimum atomic E-state index is -0.160. The highest BCUT2D eigenvalue weighted by Gasteiger charge is 2.31. The molecule has 0 radical (unpaired) electrons. The number of hydrogen-bond donors (Lipinski definition) is 2. The fraction of sp³-hybridized carbons (Fsp3) is 0.400. The van der Waals surface area contributed by atoms with Crippen molar-refractivity contribution in [2.24, 2.45) is 5.92 Å². The van der Waals surface area contributed by atoms with Crippen LogP contribution in [0.25, 0.3) is 0 Å². The molecule has 0 spiro atoms. The Balaban J connectivity index is 2.35. The van der Waals surface area contributed by atoms with E-state index in [1.807, 2.05) is 0 Å². The van der Waals surface area contributed by atoms with Crippen molar-refractivity contribution in [3.63, 3.8) is 0 Å². The predicted octanol–water partition coefficient (Wildman–Crippen LogP) is 1.42. The van der Waals surface area contributed by atoms with Gasteiger partial charge in [0.1, 0.15) is 5.69 Å². The standard InChI is InChI=1S/C10H11BrN2O2S/c11-7-2-12-3-8(10(7)15)13-4-6(5-16)1-9(13)14/h2-3,6,16H,1,4-5H2,(H,12,15). The normalized spacial score (nSPS) is 20.5. The Labute approximate surface area is 107 Å². The number of hydrogen-bond acceptors (Lipinski definition) is 3. The van der Waals surface area contributed by atoms with Gasteiger partial charge in [-0.1, -0.05) is 0 Å². The highest BCUT2D eigenvalue weighted by atomic mass is 79.9. The average molecular weight is 303 g/mol. The summed E-state index contributed by atoms with van der Waals surface area (Å²) in [5, 5.41) is 0. The fourth-order valence-corrected chi connectivity index (χ4v) is 2.36. The Bertz CT molecular complexity index is 474. The largest absolute Gasteiger partial charge is 0.365 e. The maximum Gasteiger partial charge on any atom is 0.227 e. The Morgan fingerprint density at radius 1 is 1.50 bits per heavy atom. The molecule has 1 aliphatic heterocycles. The number of carbonyl (C=O) groups is 1. The number of aromatic amines is 1. The quantitative estimate of drug-likeness (QED) is 0.812. The van der Waals surface area contributed by atoms with Crippen molar-refractivity contribution in [2.45, 2.75) is 6.42 Å². The van der Waals surface area contributed by atoms with E-state index in [0.717, 1.165) is 0 Å². The van der Waals surface area contributed by atoms with Crippen LogP contribution in [0, 0.1) is 5.92 Å². The molecule has 2 rings (SSSR count). The van der Waals surface area contributed by atoms with Crippen LogP contribution >= 0.6 is 28.6 Å². The van der Waals surface area contributed by atoms with Gasteiger partial charge in [-0.15, -0.1) is 0 Å². The van der Waals surface area contributed by atoms with Gasteiger partial charge in [0.2, 0.25) is 11.3 Å². The van der Waals surface area contributed by atoms with Crippen LogP contribution in [0.5, 0.6) is 0 Å². The number of rotatable bonds is 2. The van der Waals surface area contributed by atoms with Crippen molar-refractivity contribution in [3.05, 3.63) is 27.1 Å². The molecule has 2 heterocycles. The van der Waals surface area contributed by atoms with E-state index in [9.17, 15) is 9.59 Å². The zero-order valence-electron chi connectivity index (χ0n) is 8.44. The smallest absolute Gasteiger partial charge is 0.227 e. The van der Waals surface area contributed by atoms with Gasteiger partial charge in [0.05, 0.1) is 4.47 Å². The first-order valence-electron chi connectivity index (χ1n) is 4.91. The van der Waals surface area contributed by atoms with E-state index < -0.39 is 0 Å². The molecule has 16 heavy (non-hydrogen) atoms. The minimum absolute atomic E-state index is 0.0114. The van der Waals surface area contributed by atoms with E-state index in [1.54, 1.807) is 12.4 Å². The molecule has 1 aliphatic rings. The van der Waals surface area contributed by atoms with Gasteiger partial charge in [0.15, 0.2) is 0 Å². The molecule has 1 N–H and O–H groups in total. The van der Waals surface area contributed by atoms with E-state index in [2.05, 4.69) is 33.5 Å². The molecule has 0 aromatic carbocycles. The van der Waals surface area contributed by atoms with Crippen molar-refractivity contribution in [3.8, 4) is 0 Å². The van der Waals surface area contributed by atoms with E-state index in [0.29, 0.717) is 28.9 Å². The maximum absolute atomic E-state index is 11.8. The van der Waals surface area contributed by atoms with Gasteiger partial charge in [0, 0.05) is 25.4 Å². The molecule has 1 aromatic heterocycles. The van der Waals surface area contributed by atoms with Crippen LogP contribution in [0.1, 0.15) is 6.42 Å². The van der Waals surface area contributed by atoms with Crippen LogP contribution in [0.3, 0.4) is 0 Å². The highest BCUT2D eigenvalue weighted by molar-refractivity contribution is 9.10. The zero-order valence-corrected chi connectivity index (χ0v) is 10.9. The summed E-state index contributed by atoms with van der Waals surface area (Å²) in [6, 6.07) is 0. The third-order valence-electron chi connectivity index (χ3n) is 2.63. The van der Waals surface area contributed by atoms with Gasteiger partial charge >= 0.3 is 0 Å². The van der Waals surface area contributed by atoms with E-state index in [1.165, 1.54) is 4.90 Å². The molecule has 1 amide bonds. The topological polar surface area (TPSA) is 53.2 Å². The van der Waals surface area contributed by atoms with Crippen LogP contribution in [-0.4, -0.2) is 23.2 Å². The Hall–Kier alpha value is -0.750. The summed E-state index contributed by atoms with van der Waals surface area (Å²) in [7, 11) is 0. The molecule has 1 fully saturated rings. The van der Waals surface area contributed by atoms with Gasteiger partial charge in [0.25, 0.3) is 0 Å². The van der Waals surface area contributed by atoms with Crippen molar-refractivity contribution < 1.29 is 4.79 Å². The van der Waals surface area contributed by atoms with Crippen LogP contribution in [-0.2, 0) is 4.79 Å². The molecule has 0 bridgehead atoms. The first-order chi connectivity index (χ1) is 7.63. The number of carbonyl (C=O) groups excluding carboxylic acids is 1.